The number of nitrogens with two attached hydrogens (primary N) is 1. The van der Waals surface area contributed by atoms with E-state index in [9.17, 15) is 4.79 Å². The van der Waals surface area contributed by atoms with Crippen LogP contribution in [0.3, 0.4) is 0 Å². The predicted octanol–water partition coefficient (Wildman–Crippen LogP) is 1.87. The molecule has 1 fully saturated rings. The van der Waals surface area contributed by atoms with Crippen LogP contribution in [0.5, 0.6) is 0 Å². The highest BCUT2D eigenvalue weighted by atomic mass is 16.6. The van der Waals surface area contributed by atoms with Crippen molar-refractivity contribution in [1.82, 2.24) is 4.90 Å². The molecule has 0 aromatic heterocycles. The molecule has 2 N–H and O–H groups in total. The molecule has 0 amide bonds. The molecule has 2 rings (SSSR count). The Morgan fingerprint density at radius 3 is 2.35 bits per heavy atom. The molecule has 5 nitrogen and oxygen atoms in total. The molecule has 0 spiro atoms. The van der Waals surface area contributed by atoms with Crippen LogP contribution in [0, 0.1) is 0 Å². The number of nitrogens with zero attached hydrogens (tertiary/aromatic N) is 2. The molecule has 0 aliphatic carbocycles. The van der Waals surface area contributed by atoms with E-state index in [0.717, 1.165) is 32.7 Å². The van der Waals surface area contributed by atoms with E-state index in [0.29, 0.717) is 6.42 Å². The van der Waals surface area contributed by atoms with Crippen LogP contribution in [0.25, 0.3) is 0 Å². The van der Waals surface area contributed by atoms with Crippen LogP contribution in [-0.2, 0) is 9.53 Å². The van der Waals surface area contributed by atoms with Gasteiger partial charge < -0.3 is 15.4 Å². The first-order valence-corrected chi connectivity index (χ1v) is 8.36. The number of rotatable bonds is 5. The third-order valence-electron chi connectivity index (χ3n) is 3.96. The van der Waals surface area contributed by atoms with E-state index >= 15 is 0 Å². The molecule has 1 aromatic carbocycles. The fraction of sp³-hybridized carbons (Fsp3) is 0.611. The average Bonchev–Trinajstić information content (AvgIpc) is 2.52. The van der Waals surface area contributed by atoms with Crippen LogP contribution >= 0.6 is 0 Å². The molecule has 128 valence electrons. The first kappa shape index (κ1) is 17.8. The van der Waals surface area contributed by atoms with Crippen molar-refractivity contribution in [1.29, 1.82) is 0 Å². The molecule has 1 aliphatic heterocycles. The molecule has 0 radical (unpaired) electrons. The lowest BCUT2D eigenvalue weighted by atomic mass is 10.1. The van der Waals surface area contributed by atoms with Crippen LogP contribution in [0.1, 0.15) is 27.2 Å². The van der Waals surface area contributed by atoms with Gasteiger partial charge in [0.1, 0.15) is 11.6 Å². The SMILES string of the molecule is CC(C)(C)OC(=O)C(N)CCN1CCN(c2ccccc2)CC1. The average molecular weight is 319 g/mol. The zero-order valence-electron chi connectivity index (χ0n) is 14.5. The van der Waals surface area contributed by atoms with Gasteiger partial charge in [-0.1, -0.05) is 18.2 Å². The zero-order chi connectivity index (χ0) is 16.9. The van der Waals surface area contributed by atoms with Gasteiger partial charge in [0.25, 0.3) is 0 Å². The van der Waals surface area contributed by atoms with Gasteiger partial charge in [-0.15, -0.1) is 0 Å². The Labute approximate surface area is 139 Å². The number of anilines is 1. The van der Waals surface area contributed by atoms with Crippen molar-refractivity contribution in [3.05, 3.63) is 30.3 Å². The van der Waals surface area contributed by atoms with E-state index in [4.69, 9.17) is 10.5 Å². The van der Waals surface area contributed by atoms with E-state index in [2.05, 4.69) is 34.1 Å². The second-order valence-electron chi connectivity index (χ2n) is 7.09. The molecule has 5 heteroatoms. The minimum absolute atomic E-state index is 0.305. The minimum Gasteiger partial charge on any atom is -0.459 e. The molecule has 0 bridgehead atoms. The molecule has 1 unspecified atom stereocenters. The van der Waals surface area contributed by atoms with Gasteiger partial charge in [0.05, 0.1) is 0 Å². The van der Waals surface area contributed by atoms with E-state index < -0.39 is 11.6 Å². The second-order valence-corrected chi connectivity index (χ2v) is 7.09. The summed E-state index contributed by atoms with van der Waals surface area (Å²) in [5.74, 6) is -0.305. The fourth-order valence-corrected chi connectivity index (χ4v) is 2.69. The highest BCUT2D eigenvalue weighted by Gasteiger charge is 2.23. The minimum atomic E-state index is -0.540. The molecule has 23 heavy (non-hydrogen) atoms. The molecule has 1 heterocycles. The number of hydrogen-bond donors (Lipinski definition) is 1. The molecule has 1 aliphatic rings. The van der Waals surface area contributed by atoms with Crippen molar-refractivity contribution in [2.45, 2.75) is 38.8 Å². The number of hydrogen-bond acceptors (Lipinski definition) is 5. The Kier molecular flexibility index (Phi) is 6.02. The Balaban J connectivity index is 1.71. The number of carbonyl (C=O) groups is 1. The number of piperazine rings is 1. The maximum Gasteiger partial charge on any atom is 0.323 e. The Morgan fingerprint density at radius 2 is 1.78 bits per heavy atom. The van der Waals surface area contributed by atoms with Crippen molar-refractivity contribution in [2.75, 3.05) is 37.6 Å². The zero-order valence-corrected chi connectivity index (χ0v) is 14.5. The van der Waals surface area contributed by atoms with Crippen LogP contribution in [0.2, 0.25) is 0 Å². The van der Waals surface area contributed by atoms with Crippen molar-refractivity contribution < 1.29 is 9.53 Å². The maximum absolute atomic E-state index is 11.9. The van der Waals surface area contributed by atoms with Gasteiger partial charge in [-0.3, -0.25) is 9.69 Å². The molecule has 0 saturated carbocycles. The number of ether oxygens (including phenoxy) is 1. The van der Waals surface area contributed by atoms with Crippen molar-refractivity contribution in [3.8, 4) is 0 Å². The number of carbonyl (C=O) groups excluding carboxylic acids is 1. The molecular weight excluding hydrogens is 290 g/mol. The summed E-state index contributed by atoms with van der Waals surface area (Å²) in [5, 5.41) is 0. The van der Waals surface area contributed by atoms with Gasteiger partial charge in [0, 0.05) is 38.4 Å². The van der Waals surface area contributed by atoms with Gasteiger partial charge in [0.15, 0.2) is 0 Å². The van der Waals surface area contributed by atoms with Gasteiger partial charge in [-0.25, -0.2) is 0 Å². The number of para-hydroxylation sites is 1. The standard InChI is InChI=1S/C18H29N3O2/c1-18(2,3)23-17(22)16(19)9-10-20-11-13-21(14-12-20)15-7-5-4-6-8-15/h4-8,16H,9-14,19H2,1-3H3. The van der Waals surface area contributed by atoms with Gasteiger partial charge in [-0.05, 0) is 39.3 Å². The summed E-state index contributed by atoms with van der Waals surface area (Å²) in [4.78, 5) is 16.7. The summed E-state index contributed by atoms with van der Waals surface area (Å²) in [6.07, 6.45) is 0.639. The Hall–Kier alpha value is -1.59. The molecule has 1 atom stereocenters. The quantitative estimate of drug-likeness (QED) is 0.840. The predicted molar refractivity (Wildman–Crippen MR) is 93.5 cm³/mol. The van der Waals surface area contributed by atoms with E-state index in [1.807, 2.05) is 26.8 Å². The van der Waals surface area contributed by atoms with E-state index in [-0.39, 0.29) is 5.97 Å². The number of esters is 1. The lowest BCUT2D eigenvalue weighted by Gasteiger charge is -2.36. The van der Waals surface area contributed by atoms with Gasteiger partial charge >= 0.3 is 5.97 Å². The lowest BCUT2D eigenvalue weighted by molar-refractivity contribution is -0.156. The van der Waals surface area contributed by atoms with Crippen LogP contribution in [0.15, 0.2) is 30.3 Å². The van der Waals surface area contributed by atoms with E-state index in [1.165, 1.54) is 5.69 Å². The largest absolute Gasteiger partial charge is 0.459 e. The van der Waals surface area contributed by atoms with Crippen molar-refractivity contribution >= 4 is 11.7 Å². The van der Waals surface area contributed by atoms with Crippen molar-refractivity contribution in [2.24, 2.45) is 5.73 Å². The molecule has 1 aromatic rings. The third kappa shape index (κ3) is 5.84. The normalized spacial score (nSPS) is 17.8. The highest BCUT2D eigenvalue weighted by Crippen LogP contribution is 2.16. The Morgan fingerprint density at radius 1 is 1.17 bits per heavy atom. The highest BCUT2D eigenvalue weighted by molar-refractivity contribution is 5.75. The first-order chi connectivity index (χ1) is 10.8. The van der Waals surface area contributed by atoms with Gasteiger partial charge in [0.2, 0.25) is 0 Å². The smallest absolute Gasteiger partial charge is 0.323 e. The summed E-state index contributed by atoms with van der Waals surface area (Å²) in [5.41, 5.74) is 6.75. The maximum atomic E-state index is 11.9. The third-order valence-corrected chi connectivity index (χ3v) is 3.96. The van der Waals surface area contributed by atoms with Crippen LogP contribution < -0.4 is 10.6 Å². The van der Waals surface area contributed by atoms with Crippen LogP contribution in [-0.4, -0.2) is 55.2 Å². The summed E-state index contributed by atoms with van der Waals surface area (Å²) in [6, 6.07) is 9.93. The Bertz CT molecular complexity index is 491. The van der Waals surface area contributed by atoms with Gasteiger partial charge in [-0.2, -0.15) is 0 Å². The summed E-state index contributed by atoms with van der Waals surface area (Å²) in [7, 11) is 0. The fourth-order valence-electron chi connectivity index (χ4n) is 2.69. The second kappa shape index (κ2) is 7.79. The molecule has 1 saturated heterocycles. The van der Waals surface area contributed by atoms with Crippen molar-refractivity contribution in [3.63, 3.8) is 0 Å². The molecular formula is C18H29N3O2. The van der Waals surface area contributed by atoms with Crippen LogP contribution in [0.4, 0.5) is 5.69 Å². The van der Waals surface area contributed by atoms with E-state index in [1.54, 1.807) is 0 Å². The number of benzene rings is 1. The summed E-state index contributed by atoms with van der Waals surface area (Å²) in [6.45, 7) is 10.4. The summed E-state index contributed by atoms with van der Waals surface area (Å²) < 4.78 is 5.32. The summed E-state index contributed by atoms with van der Waals surface area (Å²) >= 11 is 0. The monoisotopic (exact) mass is 319 g/mol. The topological polar surface area (TPSA) is 58.8 Å². The lowest BCUT2D eigenvalue weighted by Crippen LogP contribution is -2.48. The first-order valence-electron chi connectivity index (χ1n) is 8.36.